The quantitative estimate of drug-likeness (QED) is 0.323. The van der Waals surface area contributed by atoms with Crippen LogP contribution in [0.15, 0.2) is 109 Å². The van der Waals surface area contributed by atoms with Crippen molar-refractivity contribution >= 4 is 46.4 Å². The molecule has 0 fully saturated rings. The van der Waals surface area contributed by atoms with Crippen LogP contribution < -0.4 is 15.9 Å². The summed E-state index contributed by atoms with van der Waals surface area (Å²) in [7, 11) is -1.97. The van der Waals surface area contributed by atoms with Gasteiger partial charge in [0, 0.05) is 15.6 Å². The van der Waals surface area contributed by atoms with Gasteiger partial charge in [-0.2, -0.15) is 0 Å². The number of benzene rings is 4. The summed E-state index contributed by atoms with van der Waals surface area (Å²) in [6.07, 6.45) is 0.824. The van der Waals surface area contributed by atoms with E-state index in [-0.39, 0.29) is 0 Å². The number of hydrogen-bond donors (Lipinski definition) is 0. The fourth-order valence-electron chi connectivity index (χ4n) is 3.69. The number of halogens is 2. The molecule has 0 radical (unpaired) electrons. The van der Waals surface area contributed by atoms with Crippen LogP contribution in [-0.4, -0.2) is 0 Å². The predicted molar refractivity (Wildman–Crippen MR) is 125 cm³/mol. The summed E-state index contributed by atoms with van der Waals surface area (Å²) in [5.74, 6) is 0. The largest absolute Gasteiger partial charge is 0.116 e. The maximum Gasteiger partial charge on any atom is 0.116 e. The zero-order valence-electron chi connectivity index (χ0n) is 15.3. The molecule has 138 valence electrons. The molecule has 4 aromatic carbocycles. The van der Waals surface area contributed by atoms with Gasteiger partial charge in [0.2, 0.25) is 0 Å². The van der Waals surface area contributed by atoms with Gasteiger partial charge in [-0.1, -0.05) is 77.8 Å². The van der Waals surface area contributed by atoms with E-state index in [1.807, 2.05) is 18.2 Å². The molecule has 4 rings (SSSR count). The molecular weight excluding hydrogens is 402 g/mol. The zero-order valence-corrected chi connectivity index (χ0v) is 17.7. The third-order valence-corrected chi connectivity index (χ3v) is 9.96. The Morgan fingerprint density at radius 2 is 0.964 bits per heavy atom. The van der Waals surface area contributed by atoms with Gasteiger partial charge in [0.05, 0.1) is 6.16 Å². The van der Waals surface area contributed by atoms with Crippen molar-refractivity contribution in [1.29, 1.82) is 0 Å². The summed E-state index contributed by atoms with van der Waals surface area (Å²) in [4.78, 5) is 0. The molecule has 28 heavy (non-hydrogen) atoms. The second-order valence-electron chi connectivity index (χ2n) is 6.71. The highest BCUT2D eigenvalue weighted by Crippen LogP contribution is 2.58. The lowest BCUT2D eigenvalue weighted by atomic mass is 10.2. The summed E-state index contributed by atoms with van der Waals surface area (Å²) in [6.45, 7) is 0. The lowest BCUT2D eigenvalue weighted by Gasteiger charge is -2.28. The topological polar surface area (TPSA) is 0 Å². The maximum absolute atomic E-state index is 6.62. The molecule has 0 heterocycles. The number of hydrogen-bond acceptors (Lipinski definition) is 0. The lowest BCUT2D eigenvalue weighted by molar-refractivity contribution is 1.39. The zero-order chi connectivity index (χ0) is 19.4. The van der Waals surface area contributed by atoms with Crippen molar-refractivity contribution in [3.8, 4) is 0 Å². The van der Waals surface area contributed by atoms with Crippen molar-refractivity contribution in [2.24, 2.45) is 0 Å². The Bertz CT molecular complexity index is 951. The molecule has 0 atom stereocenters. The summed E-state index contributed by atoms with van der Waals surface area (Å²) >= 11 is 13.0. The second kappa shape index (κ2) is 8.50. The van der Waals surface area contributed by atoms with Gasteiger partial charge in [-0.3, -0.25) is 0 Å². The highest BCUT2D eigenvalue weighted by molar-refractivity contribution is 7.95. The van der Waals surface area contributed by atoms with Crippen LogP contribution >= 0.6 is 30.5 Å². The highest BCUT2D eigenvalue weighted by Gasteiger charge is 2.45. The summed E-state index contributed by atoms with van der Waals surface area (Å²) in [5, 5.41) is 5.48. The Hall–Kier alpha value is -2.11. The molecule has 4 aromatic rings. The maximum atomic E-state index is 6.62. The number of rotatable bonds is 5. The van der Waals surface area contributed by atoms with Gasteiger partial charge in [-0.05, 0) is 54.6 Å². The van der Waals surface area contributed by atoms with Crippen molar-refractivity contribution in [2.45, 2.75) is 6.16 Å². The molecule has 0 aliphatic rings. The third-order valence-electron chi connectivity index (χ3n) is 5.01. The fourth-order valence-corrected chi connectivity index (χ4v) is 8.42. The van der Waals surface area contributed by atoms with Gasteiger partial charge in [0.25, 0.3) is 0 Å². The molecule has 0 nitrogen and oxygen atoms in total. The van der Waals surface area contributed by atoms with Crippen LogP contribution in [-0.2, 0) is 6.16 Å². The Balaban J connectivity index is 2.02. The van der Waals surface area contributed by atoms with E-state index in [0.717, 1.165) is 16.7 Å². The van der Waals surface area contributed by atoms with E-state index in [4.69, 9.17) is 23.2 Å². The van der Waals surface area contributed by atoms with Crippen LogP contribution in [0, 0.1) is 0 Å². The van der Waals surface area contributed by atoms with Crippen LogP contribution in [0.3, 0.4) is 0 Å². The van der Waals surface area contributed by atoms with Gasteiger partial charge in [-0.25, -0.2) is 0 Å². The van der Waals surface area contributed by atoms with E-state index in [0.29, 0.717) is 5.02 Å². The van der Waals surface area contributed by atoms with Gasteiger partial charge in [0.15, 0.2) is 0 Å². The molecule has 0 aliphatic heterocycles. The molecule has 0 aromatic heterocycles. The van der Waals surface area contributed by atoms with Gasteiger partial charge >= 0.3 is 0 Å². The van der Waals surface area contributed by atoms with Gasteiger partial charge in [0.1, 0.15) is 23.2 Å². The van der Waals surface area contributed by atoms with Crippen LogP contribution in [0.4, 0.5) is 0 Å². The molecule has 0 saturated heterocycles. The first kappa shape index (κ1) is 19.2. The summed E-state index contributed by atoms with van der Waals surface area (Å²) < 4.78 is 0. The Morgan fingerprint density at radius 1 is 0.536 bits per heavy atom. The van der Waals surface area contributed by atoms with Crippen molar-refractivity contribution in [3.05, 3.63) is 125 Å². The summed E-state index contributed by atoms with van der Waals surface area (Å²) in [5.41, 5.74) is 1.08. The predicted octanol–water partition coefficient (Wildman–Crippen LogP) is 6.49. The van der Waals surface area contributed by atoms with Crippen molar-refractivity contribution in [1.82, 2.24) is 0 Å². The molecule has 0 unspecified atom stereocenters. The molecule has 0 amide bonds. The SMILES string of the molecule is Clc1ccc(Cl)c(C[P+](c2ccccc2)(c2ccccc2)c2ccccc2)c1. The van der Waals surface area contributed by atoms with E-state index < -0.39 is 7.26 Å². The van der Waals surface area contributed by atoms with E-state index in [1.165, 1.54) is 15.9 Å². The van der Waals surface area contributed by atoms with E-state index >= 15 is 0 Å². The van der Waals surface area contributed by atoms with Crippen LogP contribution in [0.5, 0.6) is 0 Å². The highest BCUT2D eigenvalue weighted by atomic mass is 35.5. The smallest absolute Gasteiger partial charge is 0.0843 e. The van der Waals surface area contributed by atoms with E-state index in [2.05, 4.69) is 91.0 Å². The monoisotopic (exact) mass is 421 g/mol. The minimum Gasteiger partial charge on any atom is -0.0843 e. The average Bonchev–Trinajstić information content (AvgIpc) is 2.76. The first-order valence-corrected chi connectivity index (χ1v) is 11.9. The van der Waals surface area contributed by atoms with Crippen LogP contribution in [0.2, 0.25) is 10.0 Å². The first-order chi connectivity index (χ1) is 13.7. The minimum atomic E-state index is -1.97. The Morgan fingerprint density at radius 3 is 1.39 bits per heavy atom. The molecule has 0 spiro atoms. The van der Waals surface area contributed by atoms with Gasteiger partial charge < -0.3 is 0 Å². The van der Waals surface area contributed by atoms with Gasteiger partial charge in [-0.15, -0.1) is 0 Å². The van der Waals surface area contributed by atoms with Crippen molar-refractivity contribution in [3.63, 3.8) is 0 Å². The van der Waals surface area contributed by atoms with E-state index in [1.54, 1.807) is 0 Å². The molecule has 0 bridgehead atoms. The molecule has 0 aliphatic carbocycles. The minimum absolute atomic E-state index is 0.715. The van der Waals surface area contributed by atoms with Crippen molar-refractivity contribution in [2.75, 3.05) is 0 Å². The van der Waals surface area contributed by atoms with E-state index in [9.17, 15) is 0 Å². The molecular formula is C25H20Cl2P+. The second-order valence-corrected chi connectivity index (χ2v) is 11.0. The van der Waals surface area contributed by atoms with Crippen LogP contribution in [0.1, 0.15) is 5.56 Å². The lowest BCUT2D eigenvalue weighted by Crippen LogP contribution is -2.32. The molecule has 3 heteroatoms. The standard InChI is InChI=1S/C25H20Cl2P/c26-21-16-17-25(27)20(18-21)19-28(22-10-4-1-5-11-22,23-12-6-2-7-13-23)24-14-8-3-9-15-24/h1-18H,19H2/q+1. The first-order valence-electron chi connectivity index (χ1n) is 9.19. The third kappa shape index (κ3) is 3.74. The Kier molecular flexibility index (Phi) is 5.83. The van der Waals surface area contributed by atoms with Crippen molar-refractivity contribution < 1.29 is 0 Å². The van der Waals surface area contributed by atoms with Crippen LogP contribution in [0.25, 0.3) is 0 Å². The normalized spacial score (nSPS) is 11.4. The molecule has 0 saturated carbocycles. The fraction of sp³-hybridized carbons (Fsp3) is 0.0400. The average molecular weight is 422 g/mol. The molecule has 0 N–H and O–H groups in total. The summed E-state index contributed by atoms with van der Waals surface area (Å²) in [6, 6.07) is 38.1. The Labute approximate surface area is 177 Å².